The summed E-state index contributed by atoms with van der Waals surface area (Å²) >= 11 is 0. The number of carboxylic acids is 1. The van der Waals surface area contributed by atoms with Crippen LogP contribution in [0.15, 0.2) is 0 Å². The fraction of sp³-hybridized carbons (Fsp3) is 0.833. The Hall–Kier alpha value is -1.67. The Morgan fingerprint density at radius 3 is 2.65 bits per heavy atom. The lowest BCUT2D eigenvalue weighted by Gasteiger charge is -2.29. The summed E-state index contributed by atoms with van der Waals surface area (Å²) < 4.78 is 5.37. The zero-order valence-corrected chi connectivity index (χ0v) is 15.2. The molecular formula is C18H30N2O6. The third-order valence-corrected chi connectivity index (χ3v) is 5.24. The summed E-state index contributed by atoms with van der Waals surface area (Å²) in [4.78, 5) is 35.9. The Morgan fingerprint density at radius 1 is 1.23 bits per heavy atom. The van der Waals surface area contributed by atoms with Gasteiger partial charge in [-0.05, 0) is 31.6 Å². The van der Waals surface area contributed by atoms with Crippen LogP contribution >= 0.6 is 0 Å². The van der Waals surface area contributed by atoms with Crippen molar-refractivity contribution in [1.29, 1.82) is 0 Å². The Balaban J connectivity index is 1.73. The topological polar surface area (TPSA) is 116 Å². The molecule has 0 spiro atoms. The van der Waals surface area contributed by atoms with Crippen LogP contribution in [0.1, 0.15) is 57.8 Å². The van der Waals surface area contributed by atoms with Crippen LogP contribution in [-0.2, 0) is 14.3 Å². The highest BCUT2D eigenvalue weighted by molar-refractivity contribution is 6.04. The van der Waals surface area contributed by atoms with Crippen molar-refractivity contribution in [2.75, 3.05) is 19.8 Å². The first-order valence-corrected chi connectivity index (χ1v) is 9.58. The highest BCUT2D eigenvalue weighted by Gasteiger charge is 2.38. The molecule has 148 valence electrons. The summed E-state index contributed by atoms with van der Waals surface area (Å²) in [6, 6.07) is -0.998. The molecule has 0 bridgehead atoms. The van der Waals surface area contributed by atoms with Crippen molar-refractivity contribution in [3.8, 4) is 0 Å². The number of hydrogen-bond donors (Lipinski definition) is 3. The number of nitrogens with one attached hydrogen (secondary N) is 1. The molecule has 0 aromatic rings. The van der Waals surface area contributed by atoms with Crippen molar-refractivity contribution in [3.05, 3.63) is 0 Å². The molecule has 3 amide bonds. The lowest BCUT2D eigenvalue weighted by atomic mass is 9.84. The van der Waals surface area contributed by atoms with E-state index in [4.69, 9.17) is 9.84 Å². The van der Waals surface area contributed by atoms with Gasteiger partial charge in [-0.25, -0.2) is 4.79 Å². The van der Waals surface area contributed by atoms with E-state index in [1.165, 1.54) is 11.3 Å². The molecule has 0 unspecified atom stereocenters. The van der Waals surface area contributed by atoms with Gasteiger partial charge >= 0.3 is 12.0 Å². The van der Waals surface area contributed by atoms with E-state index in [0.29, 0.717) is 38.3 Å². The maximum absolute atomic E-state index is 12.0. The van der Waals surface area contributed by atoms with Crippen molar-refractivity contribution in [3.63, 3.8) is 0 Å². The second-order valence-corrected chi connectivity index (χ2v) is 7.16. The van der Waals surface area contributed by atoms with E-state index in [1.807, 2.05) is 0 Å². The van der Waals surface area contributed by atoms with Crippen molar-refractivity contribution in [2.24, 2.45) is 5.92 Å². The largest absolute Gasteiger partial charge is 0.481 e. The van der Waals surface area contributed by atoms with Gasteiger partial charge in [0.25, 0.3) is 5.91 Å². The van der Waals surface area contributed by atoms with E-state index in [-0.39, 0.29) is 18.9 Å². The predicted octanol–water partition coefficient (Wildman–Crippen LogP) is 1.51. The number of urea groups is 1. The predicted molar refractivity (Wildman–Crippen MR) is 93.5 cm³/mol. The molecule has 8 nitrogen and oxygen atoms in total. The van der Waals surface area contributed by atoms with Gasteiger partial charge in [0.1, 0.15) is 6.04 Å². The maximum atomic E-state index is 12.0. The zero-order chi connectivity index (χ0) is 18.9. The number of rotatable bonds is 11. The summed E-state index contributed by atoms with van der Waals surface area (Å²) in [6.07, 6.45) is 6.44. The van der Waals surface area contributed by atoms with E-state index in [0.717, 1.165) is 25.7 Å². The monoisotopic (exact) mass is 370 g/mol. The Kier molecular flexibility index (Phi) is 8.31. The van der Waals surface area contributed by atoms with Crippen LogP contribution in [0.25, 0.3) is 0 Å². The number of amides is 3. The lowest BCUT2D eigenvalue weighted by Crippen LogP contribution is -2.39. The summed E-state index contributed by atoms with van der Waals surface area (Å²) in [5.74, 6) is -0.908. The molecule has 3 N–H and O–H groups in total. The molecule has 1 saturated carbocycles. The Bertz CT molecular complexity index is 492. The van der Waals surface area contributed by atoms with Gasteiger partial charge in [0.05, 0.1) is 6.10 Å². The van der Waals surface area contributed by atoms with Crippen molar-refractivity contribution in [1.82, 2.24) is 10.2 Å². The smallest absolute Gasteiger partial charge is 0.324 e. The van der Waals surface area contributed by atoms with Crippen molar-refractivity contribution >= 4 is 17.9 Å². The highest BCUT2D eigenvalue weighted by atomic mass is 16.5. The van der Waals surface area contributed by atoms with Crippen LogP contribution < -0.4 is 5.32 Å². The fourth-order valence-corrected chi connectivity index (χ4v) is 3.74. The molecule has 0 radical (unpaired) electrons. The minimum absolute atomic E-state index is 0.0492. The van der Waals surface area contributed by atoms with Crippen molar-refractivity contribution < 1.29 is 29.3 Å². The number of carbonyl (C=O) groups excluding carboxylic acids is 2. The number of carbonyl (C=O) groups is 3. The molecule has 1 saturated heterocycles. The molecule has 1 aliphatic heterocycles. The Morgan fingerprint density at radius 2 is 1.96 bits per heavy atom. The molecule has 1 aliphatic carbocycles. The molecule has 2 fully saturated rings. The van der Waals surface area contributed by atoms with E-state index in [1.54, 1.807) is 0 Å². The second kappa shape index (κ2) is 10.5. The van der Waals surface area contributed by atoms with Gasteiger partial charge in [0.15, 0.2) is 0 Å². The minimum Gasteiger partial charge on any atom is -0.481 e. The van der Waals surface area contributed by atoms with Gasteiger partial charge in [-0.3, -0.25) is 14.9 Å². The van der Waals surface area contributed by atoms with E-state index in [9.17, 15) is 19.5 Å². The summed E-state index contributed by atoms with van der Waals surface area (Å²) in [5.41, 5.74) is 0. The molecule has 0 aromatic carbocycles. The second-order valence-electron chi connectivity index (χ2n) is 7.16. The molecule has 1 heterocycles. The number of aliphatic hydroxyl groups excluding tert-OH is 1. The third kappa shape index (κ3) is 6.25. The lowest BCUT2D eigenvalue weighted by molar-refractivity contribution is -0.137. The zero-order valence-electron chi connectivity index (χ0n) is 15.2. The number of aliphatic carboxylic acids is 1. The van der Waals surface area contributed by atoms with Gasteiger partial charge in [0.2, 0.25) is 0 Å². The average molecular weight is 370 g/mol. The molecule has 26 heavy (non-hydrogen) atoms. The summed E-state index contributed by atoms with van der Waals surface area (Å²) in [5, 5.41) is 21.3. The highest BCUT2D eigenvalue weighted by Crippen LogP contribution is 2.28. The molecule has 0 aromatic heterocycles. The molecule has 2 atom stereocenters. The number of imide groups is 1. The Labute approximate surface area is 153 Å². The van der Waals surface area contributed by atoms with Gasteiger partial charge in [0, 0.05) is 32.6 Å². The minimum atomic E-state index is -0.864. The maximum Gasteiger partial charge on any atom is 0.324 e. The normalized spacial score (nSPS) is 22.5. The first-order valence-electron chi connectivity index (χ1n) is 9.58. The summed E-state index contributed by atoms with van der Waals surface area (Å²) in [7, 11) is 0. The first kappa shape index (κ1) is 20.6. The average Bonchev–Trinajstić information content (AvgIpc) is 2.89. The number of aliphatic hydroxyl groups is 1. The van der Waals surface area contributed by atoms with Gasteiger partial charge in [-0.15, -0.1) is 0 Å². The van der Waals surface area contributed by atoms with Gasteiger partial charge in [-0.2, -0.15) is 0 Å². The van der Waals surface area contributed by atoms with E-state index >= 15 is 0 Å². The van der Waals surface area contributed by atoms with Crippen LogP contribution in [0.4, 0.5) is 4.79 Å². The van der Waals surface area contributed by atoms with Crippen LogP contribution in [0.2, 0.25) is 0 Å². The van der Waals surface area contributed by atoms with E-state index in [2.05, 4.69) is 5.32 Å². The van der Waals surface area contributed by atoms with Crippen LogP contribution in [-0.4, -0.2) is 64.9 Å². The molecule has 2 aliphatic rings. The van der Waals surface area contributed by atoms with Gasteiger partial charge < -0.3 is 19.8 Å². The van der Waals surface area contributed by atoms with E-state index < -0.39 is 24.1 Å². The molecular weight excluding hydrogens is 340 g/mol. The van der Waals surface area contributed by atoms with Crippen molar-refractivity contribution in [2.45, 2.75) is 69.9 Å². The third-order valence-electron chi connectivity index (χ3n) is 5.24. The van der Waals surface area contributed by atoms with Gasteiger partial charge in [-0.1, -0.05) is 19.3 Å². The number of carboxylic acid groups (broad SMARTS) is 1. The quantitative estimate of drug-likeness (QED) is 0.375. The fourth-order valence-electron chi connectivity index (χ4n) is 3.74. The number of ether oxygens (including phenoxy) is 1. The number of nitrogens with zero attached hydrogens (tertiary/aromatic N) is 1. The number of hydrogen-bond acceptors (Lipinski definition) is 5. The van der Waals surface area contributed by atoms with Crippen LogP contribution in [0, 0.1) is 5.92 Å². The molecule has 2 rings (SSSR count). The SMILES string of the molecule is O=C(O)CCCOCC[C@H]1C(=O)NC(=O)N1CC[C@@H](O)C1CCCCC1. The first-order chi connectivity index (χ1) is 12.5. The van der Waals surface area contributed by atoms with Crippen LogP contribution in [0.5, 0.6) is 0 Å². The van der Waals surface area contributed by atoms with Crippen LogP contribution in [0.3, 0.4) is 0 Å². The molecule has 8 heteroatoms. The standard InChI is InChI=1S/C18H30N2O6/c21-15(13-5-2-1-3-6-13)8-10-20-14(17(24)19-18(20)25)9-12-26-11-4-7-16(22)23/h13-15,21H,1-12H2,(H,22,23)(H,19,24,25)/t14-,15+/m0/s1. The summed E-state index contributed by atoms with van der Waals surface area (Å²) in [6.45, 7) is 0.945.